The van der Waals surface area contributed by atoms with E-state index in [1.165, 1.54) is 19.3 Å². The average Bonchev–Trinajstić information content (AvgIpc) is 2.30. The minimum Gasteiger partial charge on any atom is -0.350 e. The molecule has 0 spiro atoms. The Labute approximate surface area is 104 Å². The summed E-state index contributed by atoms with van der Waals surface area (Å²) in [4.78, 5) is 16.0. The van der Waals surface area contributed by atoms with Crippen molar-refractivity contribution in [2.75, 3.05) is 0 Å². The minimum atomic E-state index is -0.0264. The van der Waals surface area contributed by atoms with Crippen LogP contribution in [0.15, 0.2) is 18.3 Å². The van der Waals surface area contributed by atoms with Gasteiger partial charge in [0.25, 0.3) is 5.91 Å². The van der Waals surface area contributed by atoms with E-state index in [1.807, 2.05) is 19.1 Å². The Balaban J connectivity index is 2.40. The van der Waals surface area contributed by atoms with Gasteiger partial charge in [-0.25, -0.2) is 0 Å². The molecule has 0 aliphatic heterocycles. The summed E-state index contributed by atoms with van der Waals surface area (Å²) in [7, 11) is 0. The standard InChI is InChI=1S/C14H22N2O/c1-4-5-6-7-12(3)16-14(17)13-9-8-11(2)15-10-13/h8-10,12H,4-7H2,1-3H3,(H,16,17). The fraction of sp³-hybridized carbons (Fsp3) is 0.571. The topological polar surface area (TPSA) is 42.0 Å². The van der Waals surface area contributed by atoms with Gasteiger partial charge in [-0.2, -0.15) is 0 Å². The first-order valence-electron chi connectivity index (χ1n) is 6.37. The highest BCUT2D eigenvalue weighted by atomic mass is 16.1. The fourth-order valence-electron chi connectivity index (χ4n) is 1.68. The second kappa shape index (κ2) is 7.05. The second-order valence-corrected chi connectivity index (χ2v) is 4.56. The zero-order chi connectivity index (χ0) is 12.7. The fourth-order valence-corrected chi connectivity index (χ4v) is 1.68. The zero-order valence-electron chi connectivity index (χ0n) is 11.0. The maximum absolute atomic E-state index is 11.8. The number of carbonyl (C=O) groups excluding carboxylic acids is 1. The third-order valence-electron chi connectivity index (χ3n) is 2.79. The first kappa shape index (κ1) is 13.7. The molecule has 1 aromatic heterocycles. The molecule has 0 saturated heterocycles. The third kappa shape index (κ3) is 4.98. The number of amides is 1. The Morgan fingerprint density at radius 1 is 1.41 bits per heavy atom. The summed E-state index contributed by atoms with van der Waals surface area (Å²) in [5, 5.41) is 3.00. The number of aromatic nitrogens is 1. The molecule has 1 heterocycles. The van der Waals surface area contributed by atoms with Gasteiger partial charge in [0.2, 0.25) is 0 Å². The molecule has 1 amide bonds. The lowest BCUT2D eigenvalue weighted by molar-refractivity contribution is 0.0937. The number of aryl methyl sites for hydroxylation is 1. The number of pyridine rings is 1. The highest BCUT2D eigenvalue weighted by Gasteiger charge is 2.09. The molecule has 1 aromatic rings. The van der Waals surface area contributed by atoms with Crippen LogP contribution < -0.4 is 5.32 Å². The van der Waals surface area contributed by atoms with Crippen LogP contribution in [-0.4, -0.2) is 16.9 Å². The lowest BCUT2D eigenvalue weighted by Crippen LogP contribution is -2.32. The highest BCUT2D eigenvalue weighted by molar-refractivity contribution is 5.94. The largest absolute Gasteiger partial charge is 0.350 e. The molecule has 0 saturated carbocycles. The molecule has 17 heavy (non-hydrogen) atoms. The number of hydrogen-bond donors (Lipinski definition) is 1. The summed E-state index contributed by atoms with van der Waals surface area (Å²) >= 11 is 0. The van der Waals surface area contributed by atoms with Gasteiger partial charge in [-0.1, -0.05) is 26.2 Å². The quantitative estimate of drug-likeness (QED) is 0.768. The van der Waals surface area contributed by atoms with Crippen LogP contribution in [0, 0.1) is 6.92 Å². The van der Waals surface area contributed by atoms with Crippen molar-refractivity contribution in [1.29, 1.82) is 0 Å². The maximum Gasteiger partial charge on any atom is 0.253 e. The molecule has 0 radical (unpaired) electrons. The zero-order valence-corrected chi connectivity index (χ0v) is 11.0. The van der Waals surface area contributed by atoms with Crippen LogP contribution >= 0.6 is 0 Å². The number of nitrogens with one attached hydrogen (secondary N) is 1. The van der Waals surface area contributed by atoms with Crippen molar-refractivity contribution in [1.82, 2.24) is 10.3 Å². The van der Waals surface area contributed by atoms with Crippen molar-refractivity contribution in [2.45, 2.75) is 52.5 Å². The van der Waals surface area contributed by atoms with E-state index >= 15 is 0 Å². The summed E-state index contributed by atoms with van der Waals surface area (Å²) in [5.74, 6) is -0.0264. The molecule has 0 aliphatic carbocycles. The van der Waals surface area contributed by atoms with E-state index in [-0.39, 0.29) is 11.9 Å². The molecule has 0 aromatic carbocycles. The summed E-state index contributed by atoms with van der Waals surface area (Å²) < 4.78 is 0. The molecule has 0 aliphatic rings. The predicted molar refractivity (Wildman–Crippen MR) is 70.0 cm³/mol. The van der Waals surface area contributed by atoms with Gasteiger partial charge in [0.05, 0.1) is 5.56 Å². The Morgan fingerprint density at radius 2 is 2.18 bits per heavy atom. The highest BCUT2D eigenvalue weighted by Crippen LogP contribution is 2.05. The van der Waals surface area contributed by atoms with Crippen molar-refractivity contribution < 1.29 is 4.79 Å². The van der Waals surface area contributed by atoms with E-state index in [4.69, 9.17) is 0 Å². The van der Waals surface area contributed by atoms with Gasteiger partial charge in [-0.15, -0.1) is 0 Å². The van der Waals surface area contributed by atoms with Gasteiger partial charge in [0.15, 0.2) is 0 Å². The van der Waals surface area contributed by atoms with Crippen LogP contribution in [0.3, 0.4) is 0 Å². The van der Waals surface area contributed by atoms with Gasteiger partial charge in [-0.05, 0) is 32.4 Å². The van der Waals surface area contributed by atoms with Crippen LogP contribution in [0.5, 0.6) is 0 Å². The predicted octanol–water partition coefficient (Wildman–Crippen LogP) is 3.09. The summed E-state index contributed by atoms with van der Waals surface area (Å²) in [5.41, 5.74) is 1.57. The van der Waals surface area contributed by atoms with Gasteiger partial charge in [-0.3, -0.25) is 9.78 Å². The Kier molecular flexibility index (Phi) is 5.67. The number of carbonyl (C=O) groups is 1. The molecular formula is C14H22N2O. The average molecular weight is 234 g/mol. The van der Waals surface area contributed by atoms with Gasteiger partial charge >= 0.3 is 0 Å². The van der Waals surface area contributed by atoms with Crippen LogP contribution in [0.1, 0.15) is 55.6 Å². The Hall–Kier alpha value is -1.38. The number of nitrogens with zero attached hydrogens (tertiary/aromatic N) is 1. The third-order valence-corrected chi connectivity index (χ3v) is 2.79. The second-order valence-electron chi connectivity index (χ2n) is 4.56. The van der Waals surface area contributed by atoms with Crippen LogP contribution in [0.2, 0.25) is 0 Å². The summed E-state index contributed by atoms with van der Waals surface area (Å²) in [6.45, 7) is 6.14. The normalized spacial score (nSPS) is 12.2. The SMILES string of the molecule is CCCCCC(C)NC(=O)c1ccc(C)nc1. The van der Waals surface area contributed by atoms with E-state index in [0.717, 1.165) is 12.1 Å². The van der Waals surface area contributed by atoms with Gasteiger partial charge in [0, 0.05) is 17.9 Å². The minimum absolute atomic E-state index is 0.0264. The summed E-state index contributed by atoms with van der Waals surface area (Å²) in [6.07, 6.45) is 6.28. The molecular weight excluding hydrogens is 212 g/mol. The first-order chi connectivity index (χ1) is 8.13. The van der Waals surface area contributed by atoms with Crippen molar-refractivity contribution in [3.05, 3.63) is 29.6 Å². The summed E-state index contributed by atoms with van der Waals surface area (Å²) in [6, 6.07) is 3.91. The van der Waals surface area contributed by atoms with E-state index in [9.17, 15) is 4.79 Å². The van der Waals surface area contributed by atoms with E-state index in [2.05, 4.69) is 24.1 Å². The molecule has 1 unspecified atom stereocenters. The smallest absolute Gasteiger partial charge is 0.253 e. The van der Waals surface area contributed by atoms with Crippen molar-refractivity contribution in [2.24, 2.45) is 0 Å². The van der Waals surface area contributed by atoms with Crippen LogP contribution in [0.4, 0.5) is 0 Å². The molecule has 0 fully saturated rings. The van der Waals surface area contributed by atoms with E-state index in [1.54, 1.807) is 6.20 Å². The number of unbranched alkanes of at least 4 members (excludes halogenated alkanes) is 2. The van der Waals surface area contributed by atoms with Crippen molar-refractivity contribution in [3.63, 3.8) is 0 Å². The van der Waals surface area contributed by atoms with Crippen LogP contribution in [0.25, 0.3) is 0 Å². The van der Waals surface area contributed by atoms with Crippen molar-refractivity contribution in [3.8, 4) is 0 Å². The van der Waals surface area contributed by atoms with Crippen molar-refractivity contribution >= 4 is 5.91 Å². The lowest BCUT2D eigenvalue weighted by atomic mass is 10.1. The number of hydrogen-bond acceptors (Lipinski definition) is 2. The Morgan fingerprint density at radius 3 is 2.76 bits per heavy atom. The molecule has 94 valence electrons. The molecule has 1 atom stereocenters. The van der Waals surface area contributed by atoms with Crippen LogP contribution in [-0.2, 0) is 0 Å². The maximum atomic E-state index is 11.8. The molecule has 0 bridgehead atoms. The van der Waals surface area contributed by atoms with Gasteiger partial charge < -0.3 is 5.32 Å². The van der Waals surface area contributed by atoms with E-state index in [0.29, 0.717) is 5.56 Å². The first-order valence-corrected chi connectivity index (χ1v) is 6.37. The lowest BCUT2D eigenvalue weighted by Gasteiger charge is -2.13. The molecule has 1 rings (SSSR count). The number of rotatable bonds is 6. The Bertz CT molecular complexity index is 346. The molecule has 3 heteroatoms. The molecule has 3 nitrogen and oxygen atoms in total. The van der Waals surface area contributed by atoms with E-state index < -0.39 is 0 Å². The monoisotopic (exact) mass is 234 g/mol. The molecule has 1 N–H and O–H groups in total. The van der Waals surface area contributed by atoms with Gasteiger partial charge in [0.1, 0.15) is 0 Å².